The smallest absolute Gasteiger partial charge is 0.0585 e. The van der Waals surface area contributed by atoms with Crippen molar-refractivity contribution >= 4 is 27.3 Å². The van der Waals surface area contributed by atoms with E-state index >= 15 is 0 Å². The first-order valence-electron chi connectivity index (χ1n) is 5.99. The molecule has 0 aliphatic carbocycles. The Morgan fingerprint density at radius 3 is 2.78 bits per heavy atom. The zero-order valence-corrected chi connectivity index (χ0v) is 12.0. The van der Waals surface area contributed by atoms with Gasteiger partial charge in [-0.2, -0.15) is 0 Å². The number of rotatable bonds is 4. The molecule has 0 saturated heterocycles. The summed E-state index contributed by atoms with van der Waals surface area (Å²) in [5, 5.41) is 3.37. The minimum atomic E-state index is 0.780. The highest BCUT2D eigenvalue weighted by Crippen LogP contribution is 2.23. The zero-order chi connectivity index (χ0) is 13.0. The summed E-state index contributed by atoms with van der Waals surface area (Å²) in [6.45, 7) is 2.99. The highest BCUT2D eigenvalue weighted by atomic mass is 79.9. The van der Waals surface area contributed by atoms with Crippen molar-refractivity contribution in [3.8, 4) is 0 Å². The van der Waals surface area contributed by atoms with E-state index in [1.54, 1.807) is 0 Å². The summed E-state index contributed by atoms with van der Waals surface area (Å²) in [6, 6.07) is 14.4. The number of hydrogen-bond donors (Lipinski definition) is 2. The van der Waals surface area contributed by atoms with Crippen LogP contribution in [0.4, 0.5) is 11.4 Å². The Hall–Kier alpha value is -1.48. The van der Waals surface area contributed by atoms with Gasteiger partial charge in [0.1, 0.15) is 0 Å². The van der Waals surface area contributed by atoms with E-state index in [-0.39, 0.29) is 0 Å². The van der Waals surface area contributed by atoms with Crippen LogP contribution in [0.15, 0.2) is 46.9 Å². The molecular weight excluding hydrogens is 288 g/mol. The molecule has 0 aromatic heterocycles. The van der Waals surface area contributed by atoms with Gasteiger partial charge in [-0.25, -0.2) is 0 Å². The van der Waals surface area contributed by atoms with Gasteiger partial charge in [0.25, 0.3) is 0 Å². The van der Waals surface area contributed by atoms with E-state index in [4.69, 9.17) is 5.73 Å². The summed E-state index contributed by atoms with van der Waals surface area (Å²) >= 11 is 3.45. The second-order valence-electron chi connectivity index (χ2n) is 4.40. The minimum Gasteiger partial charge on any atom is -0.397 e. The van der Waals surface area contributed by atoms with E-state index in [9.17, 15) is 0 Å². The first-order chi connectivity index (χ1) is 8.65. The third-order valence-corrected chi connectivity index (χ3v) is 3.32. The first-order valence-corrected chi connectivity index (χ1v) is 6.79. The van der Waals surface area contributed by atoms with E-state index < -0.39 is 0 Å². The maximum atomic E-state index is 5.91. The van der Waals surface area contributed by atoms with Gasteiger partial charge in [-0.15, -0.1) is 0 Å². The summed E-state index contributed by atoms with van der Waals surface area (Å²) in [4.78, 5) is 0. The number of nitrogen functional groups attached to an aromatic ring is 1. The largest absolute Gasteiger partial charge is 0.397 e. The van der Waals surface area contributed by atoms with Gasteiger partial charge >= 0.3 is 0 Å². The van der Waals surface area contributed by atoms with Crippen LogP contribution in [-0.4, -0.2) is 6.54 Å². The molecule has 0 amide bonds. The minimum absolute atomic E-state index is 0.780. The van der Waals surface area contributed by atoms with Crippen molar-refractivity contribution in [1.82, 2.24) is 0 Å². The molecule has 2 nitrogen and oxygen atoms in total. The van der Waals surface area contributed by atoms with Crippen LogP contribution in [-0.2, 0) is 6.42 Å². The predicted molar refractivity (Wildman–Crippen MR) is 81.9 cm³/mol. The van der Waals surface area contributed by atoms with E-state index in [0.717, 1.165) is 28.8 Å². The van der Waals surface area contributed by atoms with Gasteiger partial charge in [0.15, 0.2) is 0 Å². The van der Waals surface area contributed by atoms with Gasteiger partial charge in [-0.3, -0.25) is 0 Å². The van der Waals surface area contributed by atoms with Gasteiger partial charge in [0, 0.05) is 11.0 Å². The summed E-state index contributed by atoms with van der Waals surface area (Å²) in [7, 11) is 0. The lowest BCUT2D eigenvalue weighted by molar-refractivity contribution is 1.02. The van der Waals surface area contributed by atoms with Gasteiger partial charge in [0.2, 0.25) is 0 Å². The molecule has 0 saturated carbocycles. The Bertz CT molecular complexity index is 538. The molecule has 94 valence electrons. The lowest BCUT2D eigenvalue weighted by Crippen LogP contribution is -2.06. The molecule has 2 aromatic carbocycles. The van der Waals surface area contributed by atoms with E-state index in [1.807, 2.05) is 18.2 Å². The highest BCUT2D eigenvalue weighted by molar-refractivity contribution is 9.10. The van der Waals surface area contributed by atoms with E-state index in [2.05, 4.69) is 52.4 Å². The number of anilines is 2. The van der Waals surface area contributed by atoms with E-state index in [0.29, 0.717) is 0 Å². The fourth-order valence-electron chi connectivity index (χ4n) is 1.89. The van der Waals surface area contributed by atoms with Crippen LogP contribution in [0.3, 0.4) is 0 Å². The van der Waals surface area contributed by atoms with Crippen LogP contribution < -0.4 is 11.1 Å². The molecule has 3 N–H and O–H groups in total. The van der Waals surface area contributed by atoms with Crippen LogP contribution in [0.5, 0.6) is 0 Å². The first kappa shape index (κ1) is 13.0. The molecule has 18 heavy (non-hydrogen) atoms. The summed E-state index contributed by atoms with van der Waals surface area (Å²) < 4.78 is 1.04. The quantitative estimate of drug-likeness (QED) is 0.838. The van der Waals surface area contributed by atoms with Crippen molar-refractivity contribution in [1.29, 1.82) is 0 Å². The van der Waals surface area contributed by atoms with Crippen molar-refractivity contribution in [2.75, 3.05) is 17.6 Å². The second-order valence-corrected chi connectivity index (χ2v) is 5.31. The van der Waals surface area contributed by atoms with Crippen LogP contribution in [0.2, 0.25) is 0 Å². The number of hydrogen-bond acceptors (Lipinski definition) is 2. The number of benzene rings is 2. The van der Waals surface area contributed by atoms with Gasteiger partial charge < -0.3 is 11.1 Å². The number of halogens is 1. The molecule has 0 atom stereocenters. The summed E-state index contributed by atoms with van der Waals surface area (Å²) in [6.07, 6.45) is 0.994. The van der Waals surface area contributed by atoms with Gasteiger partial charge in [-0.05, 0) is 37.1 Å². The Balaban J connectivity index is 1.94. The molecule has 3 heteroatoms. The zero-order valence-electron chi connectivity index (χ0n) is 10.4. The van der Waals surface area contributed by atoms with Crippen LogP contribution in [0, 0.1) is 6.92 Å². The molecule has 0 bridgehead atoms. The van der Waals surface area contributed by atoms with Crippen LogP contribution in [0.1, 0.15) is 11.1 Å². The maximum Gasteiger partial charge on any atom is 0.0585 e. The molecule has 2 rings (SSSR count). The number of aryl methyl sites for hydroxylation is 1. The fourth-order valence-corrected chi connectivity index (χ4v) is 2.25. The average molecular weight is 305 g/mol. The van der Waals surface area contributed by atoms with Crippen molar-refractivity contribution < 1.29 is 0 Å². The lowest BCUT2D eigenvalue weighted by Gasteiger charge is -2.10. The number of nitrogens with one attached hydrogen (secondary N) is 1. The Kier molecular flexibility index (Phi) is 4.26. The molecule has 2 aromatic rings. The molecule has 0 aliphatic heterocycles. The molecular formula is C15H17BrN2. The number of nitrogens with two attached hydrogens (primary N) is 1. The Labute approximate surface area is 116 Å². The Morgan fingerprint density at radius 2 is 2.00 bits per heavy atom. The summed E-state index contributed by atoms with van der Waals surface area (Å²) in [5.41, 5.74) is 10.3. The molecule has 0 radical (unpaired) electrons. The third-order valence-electron chi connectivity index (χ3n) is 2.83. The van der Waals surface area contributed by atoms with Crippen molar-refractivity contribution in [2.45, 2.75) is 13.3 Å². The molecule has 0 heterocycles. The van der Waals surface area contributed by atoms with Crippen LogP contribution in [0.25, 0.3) is 0 Å². The topological polar surface area (TPSA) is 38.0 Å². The molecule has 0 spiro atoms. The van der Waals surface area contributed by atoms with Gasteiger partial charge in [-0.1, -0.05) is 45.8 Å². The van der Waals surface area contributed by atoms with Crippen molar-refractivity contribution in [3.63, 3.8) is 0 Å². The average Bonchev–Trinajstić information content (AvgIpc) is 2.34. The monoisotopic (exact) mass is 304 g/mol. The molecule has 0 unspecified atom stereocenters. The van der Waals surface area contributed by atoms with Crippen molar-refractivity contribution in [2.24, 2.45) is 0 Å². The lowest BCUT2D eigenvalue weighted by atomic mass is 10.1. The predicted octanol–water partition coefficient (Wildman–Crippen LogP) is 3.99. The summed E-state index contributed by atoms with van der Waals surface area (Å²) in [5.74, 6) is 0. The second kappa shape index (κ2) is 5.91. The Morgan fingerprint density at radius 1 is 1.17 bits per heavy atom. The van der Waals surface area contributed by atoms with Crippen molar-refractivity contribution in [3.05, 3.63) is 58.1 Å². The SMILES string of the molecule is Cc1cccc(CCNc2cc(Br)ccc2N)c1. The molecule has 0 fully saturated rings. The van der Waals surface area contributed by atoms with Crippen LogP contribution >= 0.6 is 15.9 Å². The van der Waals surface area contributed by atoms with E-state index in [1.165, 1.54) is 11.1 Å². The standard InChI is InChI=1S/C15H17BrN2/c1-11-3-2-4-12(9-11)7-8-18-15-10-13(16)5-6-14(15)17/h2-6,9-10,18H,7-8,17H2,1H3. The third kappa shape index (κ3) is 3.50. The highest BCUT2D eigenvalue weighted by Gasteiger charge is 1.99. The van der Waals surface area contributed by atoms with Gasteiger partial charge in [0.05, 0.1) is 11.4 Å². The normalized spacial score (nSPS) is 10.3. The molecule has 0 aliphatic rings. The maximum absolute atomic E-state index is 5.91. The fraction of sp³-hybridized carbons (Fsp3) is 0.200.